The van der Waals surface area contributed by atoms with Crippen LogP contribution in [0.3, 0.4) is 0 Å². The van der Waals surface area contributed by atoms with Gasteiger partial charge in [0.1, 0.15) is 11.1 Å². The Labute approximate surface area is 243 Å². The molecule has 0 N–H and O–H groups in total. The van der Waals surface area contributed by atoms with Crippen molar-refractivity contribution in [2.75, 3.05) is 14.2 Å². The summed E-state index contributed by atoms with van der Waals surface area (Å²) in [6, 6.07) is 30.1. The van der Waals surface area contributed by atoms with Gasteiger partial charge in [-0.2, -0.15) is 0 Å². The van der Waals surface area contributed by atoms with Crippen LogP contribution in [0.25, 0.3) is 11.1 Å². The van der Waals surface area contributed by atoms with E-state index in [1.54, 1.807) is 6.07 Å². The van der Waals surface area contributed by atoms with Crippen molar-refractivity contribution >= 4 is 34.7 Å². The first-order chi connectivity index (χ1) is 20.3. The highest BCUT2D eigenvalue weighted by molar-refractivity contribution is 6.36. The molecule has 0 saturated carbocycles. The second-order valence-corrected chi connectivity index (χ2v) is 9.97. The average molecular weight is 557 g/mol. The van der Waals surface area contributed by atoms with E-state index >= 15 is 0 Å². The Hall–Kier alpha value is -5.36. The first-order valence-electron chi connectivity index (χ1n) is 13.3. The van der Waals surface area contributed by atoms with Crippen LogP contribution in [-0.4, -0.2) is 37.7 Å². The van der Waals surface area contributed by atoms with Crippen LogP contribution in [0, 0.1) is 13.8 Å². The van der Waals surface area contributed by atoms with Crippen LogP contribution in [0.4, 0.5) is 0 Å². The van der Waals surface area contributed by atoms with E-state index < -0.39 is 11.9 Å². The fourth-order valence-corrected chi connectivity index (χ4v) is 5.30. The van der Waals surface area contributed by atoms with Crippen molar-refractivity contribution in [1.29, 1.82) is 0 Å². The highest BCUT2D eigenvalue weighted by atomic mass is 16.5. The van der Waals surface area contributed by atoms with Crippen LogP contribution >= 0.6 is 0 Å². The minimum Gasteiger partial charge on any atom is -0.465 e. The minimum atomic E-state index is -0.590. The van der Waals surface area contributed by atoms with Gasteiger partial charge in [0.05, 0.1) is 14.2 Å². The van der Waals surface area contributed by atoms with E-state index in [-0.39, 0.29) is 22.7 Å². The number of esters is 2. The first-order valence-corrected chi connectivity index (χ1v) is 13.3. The molecule has 0 aromatic heterocycles. The van der Waals surface area contributed by atoms with Gasteiger partial charge in [0.2, 0.25) is 11.6 Å². The van der Waals surface area contributed by atoms with Crippen molar-refractivity contribution in [1.82, 2.24) is 0 Å². The van der Waals surface area contributed by atoms with E-state index in [9.17, 15) is 19.2 Å². The van der Waals surface area contributed by atoms with Gasteiger partial charge in [-0.15, -0.1) is 0 Å². The lowest BCUT2D eigenvalue weighted by atomic mass is 9.96. The molecule has 0 atom stereocenters. The number of methoxy groups -OCH3 is 2. The monoisotopic (exact) mass is 556 g/mol. The molecule has 2 aliphatic rings. The van der Waals surface area contributed by atoms with Crippen LogP contribution in [0.5, 0.6) is 0 Å². The van der Waals surface area contributed by atoms with E-state index in [1.165, 1.54) is 14.2 Å². The fraction of sp³-hybridized carbons (Fsp3) is 0.111. The molecule has 208 valence electrons. The number of benzene rings is 4. The van der Waals surface area contributed by atoms with E-state index in [1.807, 2.05) is 105 Å². The molecular formula is C36H28O6. The number of Topliss-reactive ketones (excluding diaryl/α,β-unsaturated/α-hetero) is 2. The third kappa shape index (κ3) is 4.99. The molecule has 2 aliphatic carbocycles. The molecule has 4 aromatic carbocycles. The Morgan fingerprint density at radius 2 is 0.905 bits per heavy atom. The summed E-state index contributed by atoms with van der Waals surface area (Å²) in [7, 11) is 2.58. The largest absolute Gasteiger partial charge is 0.465 e. The van der Waals surface area contributed by atoms with Crippen molar-refractivity contribution in [3.05, 3.63) is 153 Å². The maximum absolute atomic E-state index is 12.6. The smallest absolute Gasteiger partial charge is 0.342 e. The molecule has 6 heteroatoms. The molecule has 0 radical (unpaired) electrons. The van der Waals surface area contributed by atoms with Gasteiger partial charge < -0.3 is 9.47 Å². The molecule has 0 saturated heterocycles. The average Bonchev–Trinajstić information content (AvgIpc) is 3.47. The molecule has 0 aliphatic heterocycles. The molecule has 0 amide bonds. The van der Waals surface area contributed by atoms with Gasteiger partial charge in [0.15, 0.2) is 0 Å². The number of aryl methyl sites for hydroxylation is 2. The lowest BCUT2D eigenvalue weighted by Gasteiger charge is -2.07. The number of rotatable bonds is 4. The van der Waals surface area contributed by atoms with Crippen molar-refractivity contribution in [2.24, 2.45) is 0 Å². The summed E-state index contributed by atoms with van der Waals surface area (Å²) in [6.07, 6.45) is 0. The van der Waals surface area contributed by atoms with Crippen LogP contribution in [0.1, 0.15) is 54.1 Å². The summed E-state index contributed by atoms with van der Waals surface area (Å²) in [5.74, 6) is -1.71. The van der Waals surface area contributed by atoms with Gasteiger partial charge in [0.25, 0.3) is 0 Å². The Kier molecular flexibility index (Phi) is 7.80. The zero-order valence-electron chi connectivity index (χ0n) is 23.7. The zero-order chi connectivity index (χ0) is 30.0. The number of carbonyl (C=O) groups excluding carboxylic acids is 4. The Balaban J connectivity index is 0.000000168. The Morgan fingerprint density at radius 1 is 0.500 bits per heavy atom. The molecule has 4 aromatic rings. The Morgan fingerprint density at radius 3 is 1.38 bits per heavy atom. The summed E-state index contributed by atoms with van der Waals surface area (Å²) < 4.78 is 9.60. The summed E-state index contributed by atoms with van der Waals surface area (Å²) in [4.78, 5) is 49.2. The van der Waals surface area contributed by atoms with Gasteiger partial charge in [-0.25, -0.2) is 9.59 Å². The third-order valence-corrected chi connectivity index (χ3v) is 7.24. The lowest BCUT2D eigenvalue weighted by molar-refractivity contribution is -0.136. The number of hydrogen-bond acceptors (Lipinski definition) is 6. The van der Waals surface area contributed by atoms with E-state index in [0.717, 1.165) is 33.4 Å². The summed E-state index contributed by atoms with van der Waals surface area (Å²) in [5, 5.41) is 0. The van der Waals surface area contributed by atoms with Gasteiger partial charge in [0, 0.05) is 22.3 Å². The second-order valence-electron chi connectivity index (χ2n) is 9.97. The SMILES string of the molecule is COC(=O)C1=C(c2ccccc2)c2cc(C)ccc2C1=O.COC(=O)C1=C(c2ccccc2)c2ccc(C)cc2C1=O. The fourth-order valence-electron chi connectivity index (χ4n) is 5.30. The van der Waals surface area contributed by atoms with Crippen LogP contribution in [-0.2, 0) is 19.1 Å². The van der Waals surface area contributed by atoms with E-state index in [0.29, 0.717) is 22.3 Å². The summed E-state index contributed by atoms with van der Waals surface area (Å²) in [6.45, 7) is 3.88. The number of ether oxygens (including phenoxy) is 2. The molecule has 0 spiro atoms. The highest BCUT2D eigenvalue weighted by Crippen LogP contribution is 2.39. The maximum Gasteiger partial charge on any atom is 0.342 e. The van der Waals surface area contributed by atoms with Crippen LogP contribution in [0.15, 0.2) is 108 Å². The predicted octanol–water partition coefficient (Wildman–Crippen LogP) is 6.33. The van der Waals surface area contributed by atoms with Crippen LogP contribution < -0.4 is 0 Å². The molecule has 42 heavy (non-hydrogen) atoms. The molecule has 6 rings (SSSR count). The molecule has 0 bridgehead atoms. The zero-order valence-corrected chi connectivity index (χ0v) is 23.7. The van der Waals surface area contributed by atoms with E-state index in [2.05, 4.69) is 0 Å². The third-order valence-electron chi connectivity index (χ3n) is 7.24. The molecular weight excluding hydrogens is 528 g/mol. The van der Waals surface area contributed by atoms with Crippen molar-refractivity contribution in [3.63, 3.8) is 0 Å². The predicted molar refractivity (Wildman–Crippen MR) is 160 cm³/mol. The van der Waals surface area contributed by atoms with Gasteiger partial charge >= 0.3 is 11.9 Å². The topological polar surface area (TPSA) is 86.7 Å². The Bertz CT molecular complexity index is 1810. The number of fused-ring (bicyclic) bond motifs is 2. The lowest BCUT2D eigenvalue weighted by Crippen LogP contribution is -2.12. The van der Waals surface area contributed by atoms with Crippen LogP contribution in [0.2, 0.25) is 0 Å². The maximum atomic E-state index is 12.6. The van der Waals surface area contributed by atoms with Gasteiger partial charge in [-0.1, -0.05) is 102 Å². The van der Waals surface area contributed by atoms with Crippen molar-refractivity contribution < 1.29 is 28.7 Å². The quantitative estimate of drug-likeness (QED) is 0.216. The summed E-state index contributed by atoms with van der Waals surface area (Å²) >= 11 is 0. The highest BCUT2D eigenvalue weighted by Gasteiger charge is 2.36. The first kappa shape index (κ1) is 28.2. The number of carbonyl (C=O) groups is 4. The molecule has 0 fully saturated rings. The van der Waals surface area contributed by atoms with E-state index in [4.69, 9.17) is 9.47 Å². The van der Waals surface area contributed by atoms with Crippen molar-refractivity contribution in [3.8, 4) is 0 Å². The number of ketones is 2. The van der Waals surface area contributed by atoms with Gasteiger partial charge in [-0.05, 0) is 42.2 Å². The molecule has 6 nitrogen and oxygen atoms in total. The summed E-state index contributed by atoms with van der Waals surface area (Å²) in [5.41, 5.74) is 7.96. The molecule has 0 heterocycles. The standard InChI is InChI=1S/2C18H14O3/c1-11-8-9-13-14(10-11)15(12-6-4-3-5-7-12)16(17(13)19)18(20)21-2;1-11-8-9-13-14(10-11)17(19)16(18(20)21-2)15(13)12-6-4-3-5-7-12/h2*3-10H,1-2H3. The van der Waals surface area contributed by atoms with Crippen molar-refractivity contribution in [2.45, 2.75) is 13.8 Å². The number of hydrogen-bond donors (Lipinski definition) is 0. The molecule has 0 unspecified atom stereocenters. The van der Waals surface area contributed by atoms with Gasteiger partial charge in [-0.3, -0.25) is 9.59 Å². The second kappa shape index (κ2) is 11.6. The minimum absolute atomic E-state index is 0.115. The normalized spacial score (nSPS) is 13.3.